The van der Waals surface area contributed by atoms with E-state index in [2.05, 4.69) is 15.6 Å². The van der Waals surface area contributed by atoms with Crippen molar-refractivity contribution in [2.75, 3.05) is 16.4 Å². The van der Waals surface area contributed by atoms with Crippen molar-refractivity contribution in [3.63, 3.8) is 0 Å². The number of nitrogens with two attached hydrogens (primary N) is 1. The lowest BCUT2D eigenvalue weighted by atomic mass is 9.99. The number of carbonyl (C=O) groups is 1. The van der Waals surface area contributed by atoms with Crippen molar-refractivity contribution >= 4 is 34.0 Å². The first-order chi connectivity index (χ1) is 15.2. The minimum atomic E-state index is -4.65. The number of hydrogen-bond acceptors (Lipinski definition) is 3. The van der Waals surface area contributed by atoms with Crippen LogP contribution in [0.2, 0.25) is 0 Å². The maximum Gasteiger partial charge on any atom is 0.416 e. The summed E-state index contributed by atoms with van der Waals surface area (Å²) in [6.07, 6.45) is -3.03. The van der Waals surface area contributed by atoms with Crippen LogP contribution in [0.5, 0.6) is 0 Å². The molecule has 0 unspecified atom stereocenters. The third-order valence-corrected chi connectivity index (χ3v) is 4.83. The molecule has 0 saturated carbocycles. The number of fused-ring (bicyclic) bond motifs is 1. The average Bonchev–Trinajstić information content (AvgIpc) is 2.75. The Morgan fingerprint density at radius 1 is 0.906 bits per heavy atom. The van der Waals surface area contributed by atoms with Crippen molar-refractivity contribution in [2.24, 2.45) is 0 Å². The zero-order chi connectivity index (χ0) is 22.9. The molecule has 1 aromatic heterocycles. The molecule has 0 atom stereocenters. The van der Waals surface area contributed by atoms with Gasteiger partial charge >= 0.3 is 12.2 Å². The van der Waals surface area contributed by atoms with E-state index in [0.717, 1.165) is 21.9 Å². The molecule has 9 heteroatoms. The molecule has 1 heterocycles. The lowest BCUT2D eigenvalue weighted by Crippen LogP contribution is -2.20. The fraction of sp³-hybridized carbons (Fsp3) is 0.0435. The fourth-order valence-electron chi connectivity index (χ4n) is 3.30. The topological polar surface area (TPSA) is 80.0 Å². The minimum Gasteiger partial charge on any atom is -0.383 e. The van der Waals surface area contributed by atoms with Gasteiger partial charge in [0.05, 0.1) is 11.3 Å². The van der Waals surface area contributed by atoms with Crippen molar-refractivity contribution in [3.05, 3.63) is 84.3 Å². The minimum absolute atomic E-state index is 0.375. The van der Waals surface area contributed by atoms with E-state index in [0.29, 0.717) is 29.7 Å². The first-order valence-electron chi connectivity index (χ1n) is 9.41. The van der Waals surface area contributed by atoms with E-state index in [1.807, 2.05) is 24.3 Å². The Hall–Kier alpha value is -4.14. The van der Waals surface area contributed by atoms with E-state index >= 15 is 0 Å². The molecule has 4 N–H and O–H groups in total. The highest BCUT2D eigenvalue weighted by Gasteiger charge is 2.31. The lowest BCUT2D eigenvalue weighted by molar-refractivity contribution is -0.137. The fourth-order valence-corrected chi connectivity index (χ4v) is 3.30. The van der Waals surface area contributed by atoms with E-state index in [4.69, 9.17) is 5.73 Å². The van der Waals surface area contributed by atoms with Crippen LogP contribution in [-0.2, 0) is 6.18 Å². The number of halogens is 4. The number of hydrogen-bond donors (Lipinski definition) is 3. The van der Waals surface area contributed by atoms with Crippen LogP contribution in [0.4, 0.5) is 39.5 Å². The van der Waals surface area contributed by atoms with Gasteiger partial charge in [-0.15, -0.1) is 0 Å². The SMILES string of the molecule is Nc1nccc2c(-c3ccc(NC(=O)Nc4cc(C(F)(F)F)ccc4F)cc3)cccc12. The largest absolute Gasteiger partial charge is 0.416 e. The number of nitrogen functional groups attached to an aromatic ring is 1. The zero-order valence-electron chi connectivity index (χ0n) is 16.4. The van der Waals surface area contributed by atoms with Gasteiger partial charge in [0.1, 0.15) is 11.6 Å². The van der Waals surface area contributed by atoms with Gasteiger partial charge < -0.3 is 16.4 Å². The molecule has 0 radical (unpaired) electrons. The average molecular weight is 440 g/mol. The molecule has 0 fully saturated rings. The van der Waals surface area contributed by atoms with Crippen molar-refractivity contribution < 1.29 is 22.4 Å². The molecule has 0 saturated heterocycles. The Labute approximate surface area is 179 Å². The number of urea groups is 1. The van der Waals surface area contributed by atoms with Crippen LogP contribution in [0.25, 0.3) is 21.9 Å². The molecule has 0 bridgehead atoms. The van der Waals surface area contributed by atoms with Gasteiger partial charge in [-0.25, -0.2) is 14.2 Å². The number of rotatable bonds is 3. The van der Waals surface area contributed by atoms with Crippen molar-refractivity contribution in [3.8, 4) is 11.1 Å². The van der Waals surface area contributed by atoms with Crippen LogP contribution in [0, 0.1) is 5.82 Å². The Morgan fingerprint density at radius 2 is 1.66 bits per heavy atom. The molecule has 0 aliphatic carbocycles. The summed E-state index contributed by atoms with van der Waals surface area (Å²) in [4.78, 5) is 16.3. The quantitative estimate of drug-likeness (QED) is 0.328. The third kappa shape index (κ3) is 4.31. The molecule has 4 rings (SSSR count). The van der Waals surface area contributed by atoms with Crippen LogP contribution in [0.1, 0.15) is 5.56 Å². The maximum absolute atomic E-state index is 13.8. The van der Waals surface area contributed by atoms with Crippen molar-refractivity contribution in [1.29, 1.82) is 0 Å². The smallest absolute Gasteiger partial charge is 0.383 e. The number of nitrogens with zero attached hydrogens (tertiary/aromatic N) is 1. The van der Waals surface area contributed by atoms with E-state index < -0.39 is 29.3 Å². The van der Waals surface area contributed by atoms with E-state index in [9.17, 15) is 22.4 Å². The number of nitrogens with one attached hydrogen (secondary N) is 2. The van der Waals surface area contributed by atoms with Gasteiger partial charge in [0.15, 0.2) is 0 Å². The highest BCUT2D eigenvalue weighted by atomic mass is 19.4. The predicted octanol–water partition coefficient (Wildman–Crippen LogP) is 6.29. The van der Waals surface area contributed by atoms with Crippen LogP contribution in [0.3, 0.4) is 0 Å². The Kier molecular flexibility index (Phi) is 5.40. The number of pyridine rings is 1. The summed E-state index contributed by atoms with van der Waals surface area (Å²) < 4.78 is 52.3. The number of benzene rings is 3. The number of amides is 2. The highest BCUT2D eigenvalue weighted by Crippen LogP contribution is 2.33. The van der Waals surface area contributed by atoms with E-state index in [1.165, 1.54) is 0 Å². The van der Waals surface area contributed by atoms with Gasteiger partial charge in [-0.05, 0) is 52.9 Å². The van der Waals surface area contributed by atoms with Crippen molar-refractivity contribution in [1.82, 2.24) is 4.98 Å². The van der Waals surface area contributed by atoms with Gasteiger partial charge in [0.2, 0.25) is 0 Å². The Balaban J connectivity index is 1.52. The standard InChI is InChI=1S/C23H16F4N4O/c24-19-9-6-14(23(25,26)27)12-20(19)31-22(32)30-15-7-4-13(5-8-15)16-2-1-3-18-17(16)10-11-29-21(18)28/h1-12H,(H2,28,29)(H2,30,31,32). The molecule has 4 aromatic rings. The summed E-state index contributed by atoms with van der Waals surface area (Å²) >= 11 is 0. The molecular weight excluding hydrogens is 424 g/mol. The molecule has 3 aromatic carbocycles. The number of aromatic nitrogens is 1. The molecule has 2 amide bonds. The summed E-state index contributed by atoms with van der Waals surface area (Å²) in [5.41, 5.74) is 6.44. The normalized spacial score (nSPS) is 11.4. The van der Waals surface area contributed by atoms with E-state index in [-0.39, 0.29) is 0 Å². The molecule has 162 valence electrons. The summed E-state index contributed by atoms with van der Waals surface area (Å²) in [6.45, 7) is 0. The van der Waals surface area contributed by atoms with Crippen LogP contribution in [0.15, 0.2) is 72.9 Å². The summed E-state index contributed by atoms with van der Waals surface area (Å²) in [6, 6.07) is 15.2. The molecule has 0 spiro atoms. The Morgan fingerprint density at radius 3 is 2.38 bits per heavy atom. The number of anilines is 3. The second-order valence-electron chi connectivity index (χ2n) is 6.95. The second-order valence-corrected chi connectivity index (χ2v) is 6.95. The summed E-state index contributed by atoms with van der Waals surface area (Å²) in [5, 5.41) is 6.30. The van der Waals surface area contributed by atoms with Crippen molar-refractivity contribution in [2.45, 2.75) is 6.18 Å². The molecule has 5 nitrogen and oxygen atoms in total. The van der Waals surface area contributed by atoms with Gasteiger partial charge in [-0.1, -0.05) is 30.3 Å². The molecular formula is C23H16F4N4O. The highest BCUT2D eigenvalue weighted by molar-refractivity contribution is 6.02. The van der Waals surface area contributed by atoms with Gasteiger partial charge in [0, 0.05) is 17.3 Å². The second kappa shape index (κ2) is 8.18. The monoisotopic (exact) mass is 440 g/mol. The van der Waals surface area contributed by atoms with Crippen LogP contribution >= 0.6 is 0 Å². The molecule has 0 aliphatic heterocycles. The number of alkyl halides is 3. The van der Waals surface area contributed by atoms with E-state index in [1.54, 1.807) is 30.5 Å². The molecule has 0 aliphatic rings. The van der Waals surface area contributed by atoms with Crippen LogP contribution < -0.4 is 16.4 Å². The lowest BCUT2D eigenvalue weighted by Gasteiger charge is -2.12. The van der Waals surface area contributed by atoms with Gasteiger partial charge in [-0.2, -0.15) is 13.2 Å². The summed E-state index contributed by atoms with van der Waals surface area (Å²) in [7, 11) is 0. The first-order valence-corrected chi connectivity index (χ1v) is 9.41. The predicted molar refractivity (Wildman–Crippen MR) is 116 cm³/mol. The van der Waals surface area contributed by atoms with Gasteiger partial charge in [-0.3, -0.25) is 0 Å². The number of carbonyl (C=O) groups excluding carboxylic acids is 1. The third-order valence-electron chi connectivity index (χ3n) is 4.83. The summed E-state index contributed by atoms with van der Waals surface area (Å²) in [5.74, 6) is -0.561. The first kappa shape index (κ1) is 21.1. The zero-order valence-corrected chi connectivity index (χ0v) is 16.4. The molecule has 32 heavy (non-hydrogen) atoms. The van der Waals surface area contributed by atoms with Gasteiger partial charge in [0.25, 0.3) is 0 Å². The maximum atomic E-state index is 13.8. The van der Waals surface area contributed by atoms with Crippen LogP contribution in [-0.4, -0.2) is 11.0 Å². The Bertz CT molecular complexity index is 1300.